The van der Waals surface area contributed by atoms with Crippen LogP contribution in [0.15, 0.2) is 65.7 Å². The van der Waals surface area contributed by atoms with Crippen LogP contribution in [0.2, 0.25) is 0 Å². The Hall–Kier alpha value is -2.14. The molecule has 0 heterocycles. The molecule has 0 aliphatic carbocycles. The van der Waals surface area contributed by atoms with Crippen LogP contribution in [0, 0.1) is 0 Å². The highest BCUT2D eigenvalue weighted by molar-refractivity contribution is 7.86. The fourth-order valence-corrected chi connectivity index (χ4v) is 3.92. The van der Waals surface area contributed by atoms with Crippen molar-refractivity contribution in [2.75, 3.05) is 25.9 Å². The van der Waals surface area contributed by atoms with Gasteiger partial charge in [-0.05, 0) is 38.3 Å². The fraction of sp³-hybridized carbons (Fsp3) is 0.435. The van der Waals surface area contributed by atoms with Crippen LogP contribution in [-0.4, -0.2) is 40.8 Å². The third-order valence-electron chi connectivity index (χ3n) is 4.62. The van der Waals surface area contributed by atoms with Gasteiger partial charge in [0, 0.05) is 47.4 Å². The van der Waals surface area contributed by atoms with E-state index < -0.39 is 10.8 Å². The molecule has 1 atom stereocenters. The highest BCUT2D eigenvalue weighted by atomic mass is 32.2. The second kappa shape index (κ2) is 11.0. The largest absolute Gasteiger partial charge is 0.356 e. The molecular formula is C23H33N3OS. The minimum atomic E-state index is -0.864. The minimum absolute atomic E-state index is 0.183. The van der Waals surface area contributed by atoms with Crippen LogP contribution >= 0.6 is 0 Å². The molecule has 0 saturated heterocycles. The van der Waals surface area contributed by atoms with Crippen molar-refractivity contribution in [2.45, 2.75) is 37.9 Å². The van der Waals surface area contributed by atoms with Crippen LogP contribution in [0.4, 0.5) is 0 Å². The average molecular weight is 400 g/mol. The maximum Gasteiger partial charge on any atom is 0.191 e. The van der Waals surface area contributed by atoms with Gasteiger partial charge in [-0.15, -0.1) is 0 Å². The van der Waals surface area contributed by atoms with Crippen LogP contribution in [0.25, 0.3) is 0 Å². The van der Waals surface area contributed by atoms with Gasteiger partial charge in [-0.2, -0.15) is 0 Å². The highest BCUT2D eigenvalue weighted by Crippen LogP contribution is 2.27. The molecule has 2 N–H and O–H groups in total. The number of nitrogens with zero attached hydrogens (tertiary/aromatic N) is 1. The minimum Gasteiger partial charge on any atom is -0.356 e. The third-order valence-corrected chi connectivity index (χ3v) is 6.56. The summed E-state index contributed by atoms with van der Waals surface area (Å²) in [7, 11) is 0.902. The number of rotatable bonds is 8. The summed E-state index contributed by atoms with van der Waals surface area (Å²) in [4.78, 5) is 4.28. The van der Waals surface area contributed by atoms with Gasteiger partial charge in [0.15, 0.2) is 5.96 Å². The molecule has 1 unspecified atom stereocenters. The Morgan fingerprint density at radius 3 is 1.89 bits per heavy atom. The van der Waals surface area contributed by atoms with E-state index in [4.69, 9.17) is 0 Å². The van der Waals surface area contributed by atoms with Crippen LogP contribution in [0.1, 0.15) is 44.2 Å². The molecule has 2 rings (SSSR count). The van der Waals surface area contributed by atoms with Crippen molar-refractivity contribution in [2.24, 2.45) is 4.99 Å². The summed E-state index contributed by atoms with van der Waals surface area (Å²) in [6, 6.07) is 21.2. The molecule has 0 fully saturated rings. The van der Waals surface area contributed by atoms with Crippen molar-refractivity contribution < 1.29 is 4.21 Å². The normalized spacial score (nSPS) is 13.4. The molecule has 0 spiro atoms. The van der Waals surface area contributed by atoms with E-state index in [1.165, 1.54) is 11.1 Å². The lowest BCUT2D eigenvalue weighted by Crippen LogP contribution is -2.41. The number of hydrogen-bond acceptors (Lipinski definition) is 2. The first-order valence-electron chi connectivity index (χ1n) is 9.84. The molecule has 0 aromatic heterocycles. The third kappa shape index (κ3) is 7.12. The van der Waals surface area contributed by atoms with E-state index in [0.717, 1.165) is 18.9 Å². The first-order chi connectivity index (χ1) is 13.4. The predicted molar refractivity (Wildman–Crippen MR) is 121 cm³/mol. The zero-order valence-corrected chi connectivity index (χ0v) is 18.3. The van der Waals surface area contributed by atoms with Crippen molar-refractivity contribution in [3.05, 3.63) is 71.8 Å². The van der Waals surface area contributed by atoms with Crippen molar-refractivity contribution in [1.82, 2.24) is 10.6 Å². The van der Waals surface area contributed by atoms with Gasteiger partial charge < -0.3 is 10.6 Å². The van der Waals surface area contributed by atoms with Gasteiger partial charge in [0.25, 0.3) is 0 Å². The molecule has 152 valence electrons. The fourth-order valence-electron chi connectivity index (χ4n) is 3.02. The predicted octanol–water partition coefficient (Wildman–Crippen LogP) is 3.92. The quantitative estimate of drug-likeness (QED) is 0.522. The molecule has 4 nitrogen and oxygen atoms in total. The standard InChI is InChI=1S/C23H33N3OS/c1-23(2,3)28(27)18-17-26-22(24-4)25-16-15-21(19-11-7-5-8-12-19)20-13-9-6-10-14-20/h5-14,21H,15-18H2,1-4H3,(H2,24,25,26). The Bertz CT molecular complexity index is 715. The lowest BCUT2D eigenvalue weighted by Gasteiger charge is -2.20. The first-order valence-corrected chi connectivity index (χ1v) is 11.2. The number of guanidine groups is 1. The van der Waals surface area contributed by atoms with Crippen molar-refractivity contribution >= 4 is 16.8 Å². The Labute approximate surface area is 172 Å². The Balaban J connectivity index is 1.90. The molecule has 0 amide bonds. The number of benzene rings is 2. The summed E-state index contributed by atoms with van der Waals surface area (Å²) in [6.45, 7) is 7.46. The summed E-state index contributed by atoms with van der Waals surface area (Å²) >= 11 is 0. The molecule has 5 heteroatoms. The Morgan fingerprint density at radius 1 is 0.929 bits per heavy atom. The monoisotopic (exact) mass is 399 g/mol. The van der Waals surface area contributed by atoms with Gasteiger partial charge >= 0.3 is 0 Å². The number of aliphatic imine (C=N–C) groups is 1. The molecule has 2 aromatic rings. The van der Waals surface area contributed by atoms with Gasteiger partial charge in [0.1, 0.15) is 0 Å². The summed E-state index contributed by atoms with van der Waals surface area (Å²) in [5.41, 5.74) is 2.64. The number of hydrogen-bond donors (Lipinski definition) is 2. The topological polar surface area (TPSA) is 53.5 Å². The van der Waals surface area contributed by atoms with E-state index in [1.807, 2.05) is 20.8 Å². The van der Waals surface area contributed by atoms with Gasteiger partial charge in [-0.25, -0.2) is 0 Å². The zero-order valence-electron chi connectivity index (χ0n) is 17.4. The SMILES string of the molecule is CN=C(NCCC(c1ccccc1)c1ccccc1)NCCS(=O)C(C)(C)C. The average Bonchev–Trinajstić information content (AvgIpc) is 2.70. The van der Waals surface area contributed by atoms with E-state index in [9.17, 15) is 4.21 Å². The lowest BCUT2D eigenvalue weighted by molar-refractivity contribution is 0.646. The summed E-state index contributed by atoms with van der Waals surface area (Å²) in [5, 5.41) is 6.66. The van der Waals surface area contributed by atoms with Crippen molar-refractivity contribution in [3.8, 4) is 0 Å². The van der Waals surface area contributed by atoms with Gasteiger partial charge in [-0.3, -0.25) is 9.20 Å². The molecule has 0 aliphatic rings. The first kappa shape index (κ1) is 22.2. The molecule has 2 aromatic carbocycles. The molecular weight excluding hydrogens is 366 g/mol. The van der Waals surface area contributed by atoms with Crippen LogP contribution in [0.5, 0.6) is 0 Å². The van der Waals surface area contributed by atoms with E-state index in [-0.39, 0.29) is 4.75 Å². The summed E-state index contributed by atoms with van der Waals surface area (Å²) in [5.74, 6) is 1.70. The number of nitrogens with one attached hydrogen (secondary N) is 2. The van der Waals surface area contributed by atoms with Gasteiger partial charge in [-0.1, -0.05) is 60.7 Å². The molecule has 28 heavy (non-hydrogen) atoms. The second-order valence-electron chi connectivity index (χ2n) is 7.75. The Morgan fingerprint density at radius 2 is 1.43 bits per heavy atom. The van der Waals surface area contributed by atoms with Gasteiger partial charge in [0.2, 0.25) is 0 Å². The van der Waals surface area contributed by atoms with E-state index in [2.05, 4.69) is 76.3 Å². The van der Waals surface area contributed by atoms with E-state index >= 15 is 0 Å². The molecule has 0 radical (unpaired) electrons. The van der Waals surface area contributed by atoms with Crippen LogP contribution < -0.4 is 10.6 Å². The molecule has 0 bridgehead atoms. The summed E-state index contributed by atoms with van der Waals surface area (Å²) in [6.07, 6.45) is 0.961. The highest BCUT2D eigenvalue weighted by Gasteiger charge is 2.19. The maximum absolute atomic E-state index is 12.2. The Kier molecular flexibility index (Phi) is 8.71. The molecule has 0 aliphatic heterocycles. The summed E-state index contributed by atoms with van der Waals surface area (Å²) < 4.78 is 12.0. The van der Waals surface area contributed by atoms with E-state index in [0.29, 0.717) is 18.2 Å². The smallest absolute Gasteiger partial charge is 0.191 e. The van der Waals surface area contributed by atoms with Gasteiger partial charge in [0.05, 0.1) is 0 Å². The second-order valence-corrected chi connectivity index (χ2v) is 10.1. The maximum atomic E-state index is 12.2. The van der Waals surface area contributed by atoms with E-state index in [1.54, 1.807) is 7.05 Å². The molecule has 0 saturated carbocycles. The van der Waals surface area contributed by atoms with Crippen molar-refractivity contribution in [1.29, 1.82) is 0 Å². The lowest BCUT2D eigenvalue weighted by atomic mass is 9.88. The van der Waals surface area contributed by atoms with Crippen molar-refractivity contribution in [3.63, 3.8) is 0 Å². The zero-order chi connectivity index (χ0) is 20.4. The van der Waals surface area contributed by atoms with Crippen LogP contribution in [0.3, 0.4) is 0 Å². The van der Waals surface area contributed by atoms with Crippen LogP contribution in [-0.2, 0) is 10.8 Å².